The number of benzene rings is 1. The lowest BCUT2D eigenvalue weighted by molar-refractivity contribution is 0.310. The van der Waals surface area contributed by atoms with Gasteiger partial charge in [-0.3, -0.25) is 0 Å². The van der Waals surface area contributed by atoms with Crippen LogP contribution in [0.1, 0.15) is 34.1 Å². The van der Waals surface area contributed by atoms with Gasteiger partial charge in [-0.05, 0) is 48.8 Å². The molecule has 1 heterocycles. The van der Waals surface area contributed by atoms with Crippen molar-refractivity contribution in [1.82, 2.24) is 5.32 Å². The molecule has 2 atom stereocenters. The summed E-state index contributed by atoms with van der Waals surface area (Å²) >= 11 is 1.81. The maximum atomic E-state index is 3.76. The molecule has 3 heteroatoms. The van der Waals surface area contributed by atoms with Crippen molar-refractivity contribution in [3.8, 4) is 0 Å². The first kappa shape index (κ1) is 16.7. The van der Waals surface area contributed by atoms with E-state index in [9.17, 15) is 0 Å². The number of hydrogen-bond acceptors (Lipinski definition) is 3. The summed E-state index contributed by atoms with van der Waals surface area (Å²) in [7, 11) is 0. The fourth-order valence-corrected chi connectivity index (χ4v) is 3.64. The van der Waals surface area contributed by atoms with E-state index in [2.05, 4.69) is 68.4 Å². The summed E-state index contributed by atoms with van der Waals surface area (Å²) in [5, 5.41) is 3.76. The highest BCUT2D eigenvalue weighted by Crippen LogP contribution is 2.27. The van der Waals surface area contributed by atoms with Crippen LogP contribution in [0.5, 0.6) is 0 Å². The lowest BCUT2D eigenvalue weighted by atomic mass is 9.94. The van der Waals surface area contributed by atoms with Gasteiger partial charge in [0.15, 0.2) is 0 Å². The molecule has 0 bridgehead atoms. The van der Waals surface area contributed by atoms with Crippen LogP contribution in [0.15, 0.2) is 29.2 Å². The van der Waals surface area contributed by atoms with Gasteiger partial charge in [-0.2, -0.15) is 0 Å². The van der Waals surface area contributed by atoms with Gasteiger partial charge in [-0.1, -0.05) is 27.7 Å². The molecule has 0 radical (unpaired) electrons. The van der Waals surface area contributed by atoms with Gasteiger partial charge >= 0.3 is 0 Å². The predicted molar refractivity (Wildman–Crippen MR) is 95.4 cm³/mol. The number of hydrogen-bond donors (Lipinski definition) is 1. The quantitative estimate of drug-likeness (QED) is 0.818. The third-order valence-electron chi connectivity index (χ3n) is 4.36. The second-order valence-corrected chi connectivity index (χ2v) is 7.78. The molecule has 1 N–H and O–H groups in total. The standard InChI is InChI=1S/C18H30N2S/c1-13(2)10-15-12-20(18(11-19-15)14(3)4)16-6-8-17(21-5)9-7-16/h6-9,13-15,18-19H,10-12H2,1-5H3. The second-order valence-electron chi connectivity index (χ2n) is 6.90. The molecule has 2 unspecified atom stereocenters. The van der Waals surface area contributed by atoms with Crippen molar-refractivity contribution in [2.75, 3.05) is 24.2 Å². The minimum atomic E-state index is 0.591. The minimum Gasteiger partial charge on any atom is -0.365 e. The first-order valence-electron chi connectivity index (χ1n) is 8.15. The van der Waals surface area contributed by atoms with Crippen LogP contribution in [0.25, 0.3) is 0 Å². The van der Waals surface area contributed by atoms with Crippen LogP contribution in [0.4, 0.5) is 5.69 Å². The Bertz CT molecular complexity index is 427. The SMILES string of the molecule is CSc1ccc(N2CC(CC(C)C)NCC2C(C)C)cc1. The molecule has 0 amide bonds. The predicted octanol–water partition coefficient (Wildman–Crippen LogP) is 4.26. The Morgan fingerprint density at radius 1 is 1.19 bits per heavy atom. The van der Waals surface area contributed by atoms with Crippen molar-refractivity contribution in [3.05, 3.63) is 24.3 Å². The highest BCUT2D eigenvalue weighted by atomic mass is 32.2. The summed E-state index contributed by atoms with van der Waals surface area (Å²) in [6, 6.07) is 10.3. The number of nitrogens with one attached hydrogen (secondary N) is 1. The summed E-state index contributed by atoms with van der Waals surface area (Å²) in [5.41, 5.74) is 1.38. The maximum Gasteiger partial charge on any atom is 0.0438 e. The molecule has 2 rings (SSSR count). The lowest BCUT2D eigenvalue weighted by Gasteiger charge is -2.44. The van der Waals surface area contributed by atoms with Crippen molar-refractivity contribution < 1.29 is 0 Å². The zero-order valence-electron chi connectivity index (χ0n) is 14.1. The molecule has 118 valence electrons. The summed E-state index contributed by atoms with van der Waals surface area (Å²) in [5.74, 6) is 1.41. The Labute approximate surface area is 134 Å². The highest BCUT2D eigenvalue weighted by Gasteiger charge is 2.30. The van der Waals surface area contributed by atoms with Crippen LogP contribution in [-0.4, -0.2) is 31.4 Å². The molecule has 1 aliphatic heterocycles. The second kappa shape index (κ2) is 7.55. The number of rotatable bonds is 5. The van der Waals surface area contributed by atoms with E-state index < -0.39 is 0 Å². The zero-order chi connectivity index (χ0) is 15.4. The van der Waals surface area contributed by atoms with E-state index in [1.54, 1.807) is 0 Å². The third kappa shape index (κ3) is 4.40. The van der Waals surface area contributed by atoms with Crippen LogP contribution in [0, 0.1) is 11.8 Å². The average Bonchev–Trinajstić information content (AvgIpc) is 2.46. The molecule has 1 aromatic carbocycles. The van der Waals surface area contributed by atoms with Crippen molar-refractivity contribution >= 4 is 17.4 Å². The van der Waals surface area contributed by atoms with Gasteiger partial charge in [0.2, 0.25) is 0 Å². The van der Waals surface area contributed by atoms with Gasteiger partial charge in [-0.25, -0.2) is 0 Å². The summed E-state index contributed by atoms with van der Waals surface area (Å²) in [6.45, 7) is 11.5. The summed E-state index contributed by atoms with van der Waals surface area (Å²) < 4.78 is 0. The monoisotopic (exact) mass is 306 g/mol. The fourth-order valence-electron chi connectivity index (χ4n) is 3.23. The van der Waals surface area contributed by atoms with Crippen LogP contribution in [0.2, 0.25) is 0 Å². The van der Waals surface area contributed by atoms with Crippen LogP contribution < -0.4 is 10.2 Å². The maximum absolute atomic E-state index is 3.76. The topological polar surface area (TPSA) is 15.3 Å². The van der Waals surface area contributed by atoms with Crippen LogP contribution >= 0.6 is 11.8 Å². The molecule has 1 fully saturated rings. The smallest absolute Gasteiger partial charge is 0.0438 e. The molecule has 1 saturated heterocycles. The Balaban J connectivity index is 2.16. The van der Waals surface area contributed by atoms with Gasteiger partial charge in [0.05, 0.1) is 0 Å². The number of anilines is 1. The van der Waals surface area contributed by atoms with E-state index in [1.807, 2.05) is 11.8 Å². The molecule has 21 heavy (non-hydrogen) atoms. The van der Waals surface area contributed by atoms with Gasteiger partial charge in [0, 0.05) is 35.8 Å². The number of nitrogens with zero attached hydrogens (tertiary/aromatic N) is 1. The third-order valence-corrected chi connectivity index (χ3v) is 5.11. The van der Waals surface area contributed by atoms with E-state index >= 15 is 0 Å². The van der Waals surface area contributed by atoms with Crippen molar-refractivity contribution in [2.24, 2.45) is 11.8 Å². The molecule has 1 aromatic rings. The van der Waals surface area contributed by atoms with Crippen LogP contribution in [-0.2, 0) is 0 Å². The van der Waals surface area contributed by atoms with E-state index in [0.717, 1.165) is 19.0 Å². The van der Waals surface area contributed by atoms with E-state index in [4.69, 9.17) is 0 Å². The zero-order valence-corrected chi connectivity index (χ0v) is 14.9. The molecule has 0 spiro atoms. The first-order chi connectivity index (χ1) is 10.0. The molecule has 0 aromatic heterocycles. The molecule has 1 aliphatic rings. The summed E-state index contributed by atoms with van der Waals surface area (Å²) in [6.07, 6.45) is 3.39. The van der Waals surface area contributed by atoms with Crippen molar-refractivity contribution in [2.45, 2.75) is 51.1 Å². The minimum absolute atomic E-state index is 0.591. The van der Waals surface area contributed by atoms with E-state index in [0.29, 0.717) is 18.0 Å². The molecule has 2 nitrogen and oxygen atoms in total. The largest absolute Gasteiger partial charge is 0.365 e. The normalized spacial score (nSPS) is 23.1. The molecular formula is C18H30N2S. The first-order valence-corrected chi connectivity index (χ1v) is 9.37. The van der Waals surface area contributed by atoms with Gasteiger partial charge in [0.1, 0.15) is 0 Å². The van der Waals surface area contributed by atoms with Gasteiger partial charge < -0.3 is 10.2 Å². The van der Waals surface area contributed by atoms with E-state index in [1.165, 1.54) is 17.0 Å². The fraction of sp³-hybridized carbons (Fsp3) is 0.667. The highest BCUT2D eigenvalue weighted by molar-refractivity contribution is 7.98. The summed E-state index contributed by atoms with van der Waals surface area (Å²) in [4.78, 5) is 3.96. The van der Waals surface area contributed by atoms with Crippen molar-refractivity contribution in [3.63, 3.8) is 0 Å². The Hall–Kier alpha value is -0.670. The number of thioether (sulfide) groups is 1. The van der Waals surface area contributed by atoms with E-state index in [-0.39, 0.29) is 0 Å². The Kier molecular flexibility index (Phi) is 6.00. The Morgan fingerprint density at radius 2 is 1.86 bits per heavy atom. The van der Waals surface area contributed by atoms with Gasteiger partial charge in [-0.15, -0.1) is 11.8 Å². The Morgan fingerprint density at radius 3 is 2.38 bits per heavy atom. The average molecular weight is 307 g/mol. The van der Waals surface area contributed by atoms with Gasteiger partial charge in [0.25, 0.3) is 0 Å². The lowest BCUT2D eigenvalue weighted by Crippen LogP contribution is -2.58. The van der Waals surface area contributed by atoms with Crippen LogP contribution in [0.3, 0.4) is 0 Å². The molecular weight excluding hydrogens is 276 g/mol. The molecule has 0 aliphatic carbocycles. The van der Waals surface area contributed by atoms with Crippen molar-refractivity contribution in [1.29, 1.82) is 0 Å². The number of piperazine rings is 1. The molecule has 0 saturated carbocycles.